The molecular formula is C26H24N2O8. The summed E-state index contributed by atoms with van der Waals surface area (Å²) in [5.74, 6) is -4.30. The van der Waals surface area contributed by atoms with Crippen molar-refractivity contribution in [2.24, 2.45) is 0 Å². The fraction of sp³-hybridized carbons (Fsp3) is 0.231. The molecule has 10 nitrogen and oxygen atoms in total. The molecule has 0 spiro atoms. The molecule has 2 atom stereocenters. The first-order valence-electron chi connectivity index (χ1n) is 10.9. The second kappa shape index (κ2) is 9.21. The summed E-state index contributed by atoms with van der Waals surface area (Å²) >= 11 is 0. The van der Waals surface area contributed by atoms with Crippen molar-refractivity contribution in [3.05, 3.63) is 83.2 Å². The molecule has 0 unspecified atom stereocenters. The van der Waals surface area contributed by atoms with E-state index in [9.17, 15) is 19.2 Å². The van der Waals surface area contributed by atoms with Gasteiger partial charge in [-0.3, -0.25) is 0 Å². The average Bonchev–Trinajstić information content (AvgIpc) is 2.87. The number of carbonyl (C=O) groups is 4. The predicted molar refractivity (Wildman–Crippen MR) is 126 cm³/mol. The van der Waals surface area contributed by atoms with Crippen LogP contribution in [0.5, 0.6) is 0 Å². The number of ether oxygens (including phenoxy) is 4. The van der Waals surface area contributed by atoms with Crippen molar-refractivity contribution in [2.45, 2.75) is 25.3 Å². The van der Waals surface area contributed by atoms with Gasteiger partial charge >= 0.3 is 35.3 Å². The molecule has 2 aliphatic rings. The van der Waals surface area contributed by atoms with Crippen LogP contribution in [0, 0.1) is 0 Å². The quantitative estimate of drug-likeness (QED) is 0.471. The molecule has 36 heavy (non-hydrogen) atoms. The van der Waals surface area contributed by atoms with Gasteiger partial charge in [-0.05, 0) is 25.0 Å². The zero-order chi connectivity index (χ0) is 26.1. The van der Waals surface area contributed by atoms with Gasteiger partial charge in [-0.2, -0.15) is 0 Å². The van der Waals surface area contributed by atoms with Gasteiger partial charge in [0.1, 0.15) is 0 Å². The number of rotatable bonds is 5. The minimum Gasteiger partial charge on any atom is -0.464 e. The molecule has 10 heteroatoms. The Hall–Kier alpha value is -4.60. The highest BCUT2D eigenvalue weighted by Crippen LogP contribution is 2.40. The lowest BCUT2D eigenvalue weighted by Gasteiger charge is -2.48. The molecule has 2 N–H and O–H groups in total. The van der Waals surface area contributed by atoms with Crippen LogP contribution in [0.15, 0.2) is 72.1 Å². The highest BCUT2D eigenvalue weighted by Gasteiger charge is 2.73. The van der Waals surface area contributed by atoms with E-state index < -0.39 is 35.3 Å². The fourth-order valence-electron chi connectivity index (χ4n) is 4.35. The van der Waals surface area contributed by atoms with E-state index in [1.54, 1.807) is 60.7 Å². The second-order valence-corrected chi connectivity index (χ2v) is 8.11. The topological polar surface area (TPSA) is 129 Å². The van der Waals surface area contributed by atoms with Crippen LogP contribution in [-0.4, -0.2) is 49.5 Å². The number of esters is 4. The molecular weight excluding hydrogens is 468 g/mol. The van der Waals surface area contributed by atoms with Crippen LogP contribution in [0.25, 0.3) is 11.1 Å². The van der Waals surface area contributed by atoms with Crippen molar-refractivity contribution >= 4 is 35.0 Å². The van der Waals surface area contributed by atoms with Gasteiger partial charge in [0.15, 0.2) is 0 Å². The van der Waals surface area contributed by atoms with Gasteiger partial charge in [0.25, 0.3) is 0 Å². The van der Waals surface area contributed by atoms with Gasteiger partial charge in [0.05, 0.1) is 25.4 Å². The fourth-order valence-corrected chi connectivity index (χ4v) is 4.35. The van der Waals surface area contributed by atoms with Crippen LogP contribution in [0.1, 0.15) is 25.0 Å². The number of nitrogens with one attached hydrogen (secondary N) is 2. The Morgan fingerprint density at radius 3 is 1.28 bits per heavy atom. The van der Waals surface area contributed by atoms with Crippen molar-refractivity contribution in [2.75, 3.05) is 14.2 Å². The van der Waals surface area contributed by atoms with E-state index in [1.165, 1.54) is 13.8 Å². The van der Waals surface area contributed by atoms with E-state index in [4.69, 9.17) is 18.9 Å². The largest absolute Gasteiger partial charge is 0.464 e. The van der Waals surface area contributed by atoms with Crippen molar-refractivity contribution in [1.82, 2.24) is 10.6 Å². The average molecular weight is 492 g/mol. The first kappa shape index (κ1) is 24.5. The molecule has 0 saturated carbocycles. The number of cyclic esters (lactones) is 2. The van der Waals surface area contributed by atoms with Crippen molar-refractivity contribution in [1.29, 1.82) is 0 Å². The number of benzene rings is 2. The minimum atomic E-state index is -2.66. The van der Waals surface area contributed by atoms with Crippen molar-refractivity contribution < 1.29 is 38.1 Å². The Bertz CT molecular complexity index is 1200. The highest BCUT2D eigenvalue weighted by atomic mass is 16.7. The van der Waals surface area contributed by atoms with Crippen LogP contribution in [0.3, 0.4) is 0 Å². The van der Waals surface area contributed by atoms with E-state index in [2.05, 4.69) is 10.6 Å². The number of hydrogen-bond donors (Lipinski definition) is 2. The summed E-state index contributed by atoms with van der Waals surface area (Å²) in [4.78, 5) is 53.2. The van der Waals surface area contributed by atoms with Crippen molar-refractivity contribution in [3.8, 4) is 0 Å². The number of allylic oxidation sites excluding steroid dienone is 2. The van der Waals surface area contributed by atoms with Gasteiger partial charge in [-0.25, -0.2) is 19.2 Å². The molecule has 0 fully saturated rings. The Morgan fingerprint density at radius 1 is 0.667 bits per heavy atom. The smallest absolute Gasteiger partial charge is 0.379 e. The Balaban J connectivity index is 1.92. The number of methoxy groups -OCH3 is 2. The third-order valence-electron chi connectivity index (χ3n) is 5.94. The summed E-state index contributed by atoms with van der Waals surface area (Å²) in [6.45, 7) is 3.04. The summed E-state index contributed by atoms with van der Waals surface area (Å²) in [5, 5.41) is 5.56. The third-order valence-corrected chi connectivity index (χ3v) is 5.94. The van der Waals surface area contributed by atoms with Gasteiger partial charge in [-0.1, -0.05) is 60.7 Å². The lowest BCUT2D eigenvalue weighted by molar-refractivity contribution is -0.240. The zero-order valence-corrected chi connectivity index (χ0v) is 20.0. The zero-order valence-electron chi connectivity index (χ0n) is 20.0. The Morgan fingerprint density at radius 2 is 1.00 bits per heavy atom. The van der Waals surface area contributed by atoms with Gasteiger partial charge in [0.2, 0.25) is 0 Å². The predicted octanol–water partition coefficient (Wildman–Crippen LogP) is 1.88. The molecule has 2 aliphatic heterocycles. The molecule has 0 bridgehead atoms. The normalized spacial score (nSPS) is 23.7. The van der Waals surface area contributed by atoms with E-state index in [-0.39, 0.29) is 22.5 Å². The van der Waals surface area contributed by atoms with Gasteiger partial charge in [-0.15, -0.1) is 0 Å². The summed E-state index contributed by atoms with van der Waals surface area (Å²) in [5.41, 5.74) is -3.70. The minimum absolute atomic E-state index is 0.120. The summed E-state index contributed by atoms with van der Waals surface area (Å²) in [6.07, 6.45) is 0. The summed E-state index contributed by atoms with van der Waals surface area (Å²) in [6, 6.07) is 17.2. The van der Waals surface area contributed by atoms with Crippen LogP contribution in [-0.2, 0) is 38.1 Å². The molecule has 186 valence electrons. The standard InChI is InChI=1S/C26H24N2O8/c1-15-19(17-11-7-5-8-12-17)21(29)35-25(27-15,23(31)33-3)26(24(32)34-4)28-16(2)20(22(30)36-26)18-13-9-6-10-14-18/h5-14,27-28H,1-4H3/t25-,26-/m1/s1. The number of hydrogen-bond acceptors (Lipinski definition) is 10. The molecule has 4 rings (SSSR count). The Kier molecular flexibility index (Phi) is 6.28. The lowest BCUT2D eigenvalue weighted by Crippen LogP contribution is -2.80. The lowest BCUT2D eigenvalue weighted by atomic mass is 9.90. The van der Waals surface area contributed by atoms with E-state index in [1.807, 2.05) is 0 Å². The highest BCUT2D eigenvalue weighted by molar-refractivity contribution is 6.21. The van der Waals surface area contributed by atoms with Crippen LogP contribution in [0.2, 0.25) is 0 Å². The van der Waals surface area contributed by atoms with Crippen LogP contribution < -0.4 is 10.6 Å². The maximum absolute atomic E-state index is 13.3. The molecule has 0 aliphatic carbocycles. The van der Waals surface area contributed by atoms with E-state index in [0.29, 0.717) is 11.1 Å². The molecule has 2 aromatic carbocycles. The molecule has 0 saturated heterocycles. The van der Waals surface area contributed by atoms with Gasteiger partial charge < -0.3 is 29.6 Å². The summed E-state index contributed by atoms with van der Waals surface area (Å²) < 4.78 is 21.1. The molecule has 2 aromatic rings. The summed E-state index contributed by atoms with van der Waals surface area (Å²) in [7, 11) is 2.08. The van der Waals surface area contributed by atoms with E-state index in [0.717, 1.165) is 14.2 Å². The molecule has 0 radical (unpaired) electrons. The van der Waals surface area contributed by atoms with Crippen LogP contribution >= 0.6 is 0 Å². The third kappa shape index (κ3) is 3.67. The van der Waals surface area contributed by atoms with Gasteiger partial charge in [0, 0.05) is 11.4 Å². The first-order valence-corrected chi connectivity index (χ1v) is 10.9. The number of carbonyl (C=O) groups excluding carboxylic acids is 4. The molecule has 0 aromatic heterocycles. The SMILES string of the molecule is COC(=O)[C@@]1([C@]2(C(=O)OC)NC(C)=C(c3ccccc3)C(=O)O2)NC(C)=C(c2ccccc2)C(=O)O1. The maximum Gasteiger partial charge on any atom is 0.379 e. The second-order valence-electron chi connectivity index (χ2n) is 8.11. The molecule has 2 heterocycles. The van der Waals surface area contributed by atoms with Crippen LogP contribution in [0.4, 0.5) is 0 Å². The van der Waals surface area contributed by atoms with E-state index >= 15 is 0 Å². The maximum atomic E-state index is 13.3. The first-order chi connectivity index (χ1) is 17.2. The van der Waals surface area contributed by atoms with Crippen molar-refractivity contribution in [3.63, 3.8) is 0 Å². The Labute approximate surface area is 206 Å². The molecule has 0 amide bonds. The monoisotopic (exact) mass is 492 g/mol.